The number of thioether (sulfide) groups is 1. The van der Waals surface area contributed by atoms with Crippen LogP contribution >= 0.6 is 23.4 Å². The zero-order valence-corrected chi connectivity index (χ0v) is 11.5. The molecule has 0 aliphatic heterocycles. The molecule has 0 saturated carbocycles. The van der Waals surface area contributed by atoms with Gasteiger partial charge in [0.2, 0.25) is 17.2 Å². The van der Waals surface area contributed by atoms with Gasteiger partial charge < -0.3 is 10.6 Å². The summed E-state index contributed by atoms with van der Waals surface area (Å²) < 4.78 is 0. The molecule has 94 valence electrons. The van der Waals surface area contributed by atoms with Gasteiger partial charge in [-0.05, 0) is 36.1 Å². The molecule has 0 radical (unpaired) electrons. The Morgan fingerprint density at radius 1 is 1.17 bits per heavy atom. The first kappa shape index (κ1) is 12.9. The first-order valence-corrected chi connectivity index (χ1v) is 6.82. The molecule has 0 aliphatic carbocycles. The van der Waals surface area contributed by atoms with E-state index in [1.54, 1.807) is 18.8 Å². The van der Waals surface area contributed by atoms with E-state index < -0.39 is 0 Å². The summed E-state index contributed by atoms with van der Waals surface area (Å²) in [6.45, 7) is 0. The summed E-state index contributed by atoms with van der Waals surface area (Å²) in [4.78, 5) is 13.3. The Kier molecular flexibility index (Phi) is 4.22. The van der Waals surface area contributed by atoms with Crippen LogP contribution in [-0.2, 0) is 0 Å². The summed E-state index contributed by atoms with van der Waals surface area (Å²) in [7, 11) is 1.73. The molecule has 1 heterocycles. The molecule has 0 aliphatic rings. The lowest BCUT2D eigenvalue weighted by molar-refractivity contribution is 1.05. The molecule has 1 aromatic carbocycles. The molecule has 5 nitrogen and oxygen atoms in total. The number of halogens is 1. The normalized spacial score (nSPS) is 10.2. The monoisotopic (exact) mass is 281 g/mol. The molecule has 0 atom stereocenters. The lowest BCUT2D eigenvalue weighted by atomic mass is 10.3. The molecule has 18 heavy (non-hydrogen) atoms. The Labute approximate surface area is 114 Å². The van der Waals surface area contributed by atoms with Crippen molar-refractivity contribution in [1.29, 1.82) is 0 Å². The first-order chi connectivity index (χ1) is 8.71. The van der Waals surface area contributed by atoms with Gasteiger partial charge in [-0.15, -0.1) is 11.8 Å². The second-order valence-electron chi connectivity index (χ2n) is 3.36. The summed E-state index contributed by atoms with van der Waals surface area (Å²) >= 11 is 7.48. The highest BCUT2D eigenvalue weighted by molar-refractivity contribution is 7.98. The number of rotatable bonds is 4. The van der Waals surface area contributed by atoms with Gasteiger partial charge >= 0.3 is 0 Å². The Bertz CT molecular complexity index is 549. The van der Waals surface area contributed by atoms with E-state index in [-0.39, 0.29) is 5.28 Å². The molecule has 0 saturated heterocycles. The molecule has 2 aromatic rings. The zero-order chi connectivity index (χ0) is 13.0. The summed E-state index contributed by atoms with van der Waals surface area (Å²) in [5.74, 6) is 0.844. The standard InChI is InChI=1S/C11H12ClN5S/c1-13-10-15-9(12)16-11(17-10)14-7-4-3-5-8(6-7)18-2/h3-6H,1-2H3,(H2,13,14,15,16,17). The summed E-state index contributed by atoms with van der Waals surface area (Å²) in [5.41, 5.74) is 0.908. The summed E-state index contributed by atoms with van der Waals surface area (Å²) in [6.07, 6.45) is 2.03. The van der Waals surface area contributed by atoms with E-state index in [1.807, 2.05) is 30.5 Å². The minimum Gasteiger partial charge on any atom is -0.357 e. The number of aromatic nitrogens is 3. The van der Waals surface area contributed by atoms with Crippen LogP contribution < -0.4 is 10.6 Å². The third kappa shape index (κ3) is 3.24. The minimum atomic E-state index is 0.151. The average molecular weight is 282 g/mol. The fourth-order valence-corrected chi connectivity index (χ4v) is 1.97. The van der Waals surface area contributed by atoms with Gasteiger partial charge in [0.25, 0.3) is 0 Å². The fourth-order valence-electron chi connectivity index (χ4n) is 1.35. The van der Waals surface area contributed by atoms with E-state index in [0.29, 0.717) is 11.9 Å². The van der Waals surface area contributed by atoms with Gasteiger partial charge in [-0.25, -0.2) is 0 Å². The molecule has 2 rings (SSSR count). The van der Waals surface area contributed by atoms with Crippen LogP contribution in [0, 0.1) is 0 Å². The van der Waals surface area contributed by atoms with Gasteiger partial charge in [0, 0.05) is 17.6 Å². The molecule has 0 fully saturated rings. The number of benzene rings is 1. The third-order valence-electron chi connectivity index (χ3n) is 2.16. The van der Waals surface area contributed by atoms with E-state index >= 15 is 0 Å². The fraction of sp³-hybridized carbons (Fsp3) is 0.182. The van der Waals surface area contributed by atoms with Gasteiger partial charge in [-0.1, -0.05) is 6.07 Å². The summed E-state index contributed by atoms with van der Waals surface area (Å²) in [5, 5.41) is 6.07. The van der Waals surface area contributed by atoms with Crippen LogP contribution in [0.3, 0.4) is 0 Å². The van der Waals surface area contributed by atoms with Crippen molar-refractivity contribution in [2.24, 2.45) is 0 Å². The predicted octanol–water partition coefficient (Wildman–Crippen LogP) is 3.03. The van der Waals surface area contributed by atoms with Crippen LogP contribution in [0.4, 0.5) is 17.6 Å². The van der Waals surface area contributed by atoms with Crippen molar-refractivity contribution >= 4 is 40.9 Å². The van der Waals surface area contributed by atoms with Crippen molar-refractivity contribution in [2.45, 2.75) is 4.90 Å². The molecule has 0 bridgehead atoms. The molecular weight excluding hydrogens is 270 g/mol. The van der Waals surface area contributed by atoms with Crippen LogP contribution in [-0.4, -0.2) is 28.3 Å². The SMILES string of the molecule is CNc1nc(Cl)nc(Nc2cccc(SC)c2)n1. The van der Waals surface area contributed by atoms with E-state index in [2.05, 4.69) is 25.6 Å². The quantitative estimate of drug-likeness (QED) is 0.840. The molecule has 0 amide bonds. The van der Waals surface area contributed by atoms with Gasteiger partial charge in [0.1, 0.15) is 0 Å². The number of nitrogens with one attached hydrogen (secondary N) is 2. The molecule has 2 N–H and O–H groups in total. The average Bonchev–Trinajstić information content (AvgIpc) is 2.38. The molecule has 0 spiro atoms. The maximum absolute atomic E-state index is 5.81. The number of hydrogen-bond acceptors (Lipinski definition) is 6. The minimum absolute atomic E-state index is 0.151. The molecular formula is C11H12ClN5S. The van der Waals surface area contributed by atoms with Gasteiger partial charge in [0.05, 0.1) is 0 Å². The smallest absolute Gasteiger partial charge is 0.233 e. The maximum atomic E-state index is 5.81. The van der Waals surface area contributed by atoms with Crippen LogP contribution in [0.2, 0.25) is 5.28 Å². The van der Waals surface area contributed by atoms with Crippen molar-refractivity contribution in [3.05, 3.63) is 29.5 Å². The maximum Gasteiger partial charge on any atom is 0.233 e. The van der Waals surface area contributed by atoms with Crippen molar-refractivity contribution in [2.75, 3.05) is 23.9 Å². The van der Waals surface area contributed by atoms with E-state index in [0.717, 1.165) is 10.6 Å². The zero-order valence-electron chi connectivity index (χ0n) is 9.94. The van der Waals surface area contributed by atoms with Crippen LogP contribution in [0.1, 0.15) is 0 Å². The lowest BCUT2D eigenvalue weighted by Gasteiger charge is -2.07. The highest BCUT2D eigenvalue weighted by Gasteiger charge is 2.04. The molecule has 1 aromatic heterocycles. The Morgan fingerprint density at radius 2 is 1.94 bits per heavy atom. The topological polar surface area (TPSA) is 62.7 Å². The van der Waals surface area contributed by atoms with Gasteiger partial charge in [-0.2, -0.15) is 15.0 Å². The largest absolute Gasteiger partial charge is 0.357 e. The highest BCUT2D eigenvalue weighted by atomic mass is 35.5. The van der Waals surface area contributed by atoms with Crippen LogP contribution in [0.25, 0.3) is 0 Å². The highest BCUT2D eigenvalue weighted by Crippen LogP contribution is 2.21. The Balaban J connectivity index is 2.24. The third-order valence-corrected chi connectivity index (χ3v) is 3.05. The number of nitrogens with zero attached hydrogens (tertiary/aromatic N) is 3. The van der Waals surface area contributed by atoms with Crippen LogP contribution in [0.15, 0.2) is 29.2 Å². The van der Waals surface area contributed by atoms with E-state index in [4.69, 9.17) is 11.6 Å². The number of anilines is 3. The molecule has 0 unspecified atom stereocenters. The van der Waals surface area contributed by atoms with Crippen molar-refractivity contribution in [1.82, 2.24) is 15.0 Å². The van der Waals surface area contributed by atoms with Crippen LogP contribution in [0.5, 0.6) is 0 Å². The number of hydrogen-bond donors (Lipinski definition) is 2. The van der Waals surface area contributed by atoms with Crippen molar-refractivity contribution in [3.63, 3.8) is 0 Å². The van der Waals surface area contributed by atoms with E-state index in [1.165, 1.54) is 0 Å². The lowest BCUT2D eigenvalue weighted by Crippen LogP contribution is -2.03. The first-order valence-electron chi connectivity index (χ1n) is 5.21. The van der Waals surface area contributed by atoms with Crippen molar-refractivity contribution < 1.29 is 0 Å². The second kappa shape index (κ2) is 5.88. The Morgan fingerprint density at radius 3 is 2.67 bits per heavy atom. The van der Waals surface area contributed by atoms with Crippen molar-refractivity contribution in [3.8, 4) is 0 Å². The Hall–Kier alpha value is -1.53. The summed E-state index contributed by atoms with van der Waals surface area (Å²) in [6, 6.07) is 7.96. The van der Waals surface area contributed by atoms with Gasteiger partial charge in [-0.3, -0.25) is 0 Å². The predicted molar refractivity (Wildman–Crippen MR) is 75.9 cm³/mol. The van der Waals surface area contributed by atoms with Gasteiger partial charge in [0.15, 0.2) is 0 Å². The second-order valence-corrected chi connectivity index (χ2v) is 4.58. The molecule has 7 heteroatoms. The van der Waals surface area contributed by atoms with E-state index in [9.17, 15) is 0 Å².